The van der Waals surface area contributed by atoms with Gasteiger partial charge >= 0.3 is 0 Å². The summed E-state index contributed by atoms with van der Waals surface area (Å²) in [7, 11) is 0. The van der Waals surface area contributed by atoms with E-state index >= 15 is 0 Å². The molecule has 0 radical (unpaired) electrons. The van der Waals surface area contributed by atoms with E-state index in [4.69, 9.17) is 20.9 Å². The molecule has 1 aromatic carbocycles. The Labute approximate surface area is 150 Å². The Bertz CT molecular complexity index is 752. The standard InChI is InChI=1S/C16H22N8O2/c17-4-6-23-9-13(19-21-23)11-25-15-2-1-3-16(8-15)26-12-14-10-24(7-5-18)22-20-14/h1-3,8-10H,4-7,11-12,17-18H2. The van der Waals surface area contributed by atoms with E-state index in [-0.39, 0.29) is 0 Å². The lowest BCUT2D eigenvalue weighted by Gasteiger charge is -2.07. The molecule has 3 rings (SSSR count). The Morgan fingerprint density at radius 3 is 1.77 bits per heavy atom. The predicted molar refractivity (Wildman–Crippen MR) is 93.3 cm³/mol. The molecule has 0 spiro atoms. The minimum Gasteiger partial charge on any atom is -0.487 e. The zero-order chi connectivity index (χ0) is 18.2. The Morgan fingerprint density at radius 2 is 1.31 bits per heavy atom. The molecule has 4 N–H and O–H groups in total. The molecule has 0 saturated carbocycles. The van der Waals surface area contributed by atoms with Crippen molar-refractivity contribution in [1.29, 1.82) is 0 Å². The van der Waals surface area contributed by atoms with Gasteiger partial charge in [-0.1, -0.05) is 16.5 Å². The summed E-state index contributed by atoms with van der Waals surface area (Å²) in [6.45, 7) is 2.94. The highest BCUT2D eigenvalue weighted by atomic mass is 16.5. The van der Waals surface area contributed by atoms with E-state index in [0.29, 0.717) is 50.9 Å². The molecule has 0 atom stereocenters. The van der Waals surface area contributed by atoms with Gasteiger partial charge in [0.1, 0.15) is 36.1 Å². The average molecular weight is 358 g/mol. The van der Waals surface area contributed by atoms with E-state index in [1.54, 1.807) is 9.36 Å². The van der Waals surface area contributed by atoms with Crippen molar-refractivity contribution in [1.82, 2.24) is 30.0 Å². The van der Waals surface area contributed by atoms with Crippen LogP contribution in [-0.4, -0.2) is 43.1 Å². The van der Waals surface area contributed by atoms with Crippen LogP contribution in [0.1, 0.15) is 11.4 Å². The van der Waals surface area contributed by atoms with Crippen LogP contribution in [0.2, 0.25) is 0 Å². The van der Waals surface area contributed by atoms with Gasteiger partial charge in [-0.2, -0.15) is 0 Å². The van der Waals surface area contributed by atoms with Gasteiger partial charge in [0.15, 0.2) is 0 Å². The second-order valence-corrected chi connectivity index (χ2v) is 5.58. The zero-order valence-corrected chi connectivity index (χ0v) is 14.4. The quantitative estimate of drug-likeness (QED) is 0.515. The van der Waals surface area contributed by atoms with Crippen LogP contribution < -0.4 is 20.9 Å². The molecule has 0 amide bonds. The van der Waals surface area contributed by atoms with E-state index in [9.17, 15) is 0 Å². The maximum atomic E-state index is 5.74. The second-order valence-electron chi connectivity index (χ2n) is 5.58. The van der Waals surface area contributed by atoms with Gasteiger partial charge in [0, 0.05) is 19.2 Å². The fourth-order valence-corrected chi connectivity index (χ4v) is 2.26. The van der Waals surface area contributed by atoms with Crippen molar-refractivity contribution in [2.75, 3.05) is 13.1 Å². The van der Waals surface area contributed by atoms with Gasteiger partial charge in [0.05, 0.1) is 25.5 Å². The third kappa shape index (κ3) is 5.01. The normalized spacial score (nSPS) is 10.8. The molecule has 10 heteroatoms. The maximum absolute atomic E-state index is 5.74. The van der Waals surface area contributed by atoms with Crippen LogP contribution in [0.15, 0.2) is 36.7 Å². The van der Waals surface area contributed by atoms with Crippen molar-refractivity contribution in [3.05, 3.63) is 48.0 Å². The molecule has 138 valence electrons. The minimum absolute atomic E-state index is 0.321. The molecular weight excluding hydrogens is 336 g/mol. The monoisotopic (exact) mass is 358 g/mol. The number of hydrogen-bond acceptors (Lipinski definition) is 8. The van der Waals surface area contributed by atoms with Gasteiger partial charge in [0.2, 0.25) is 0 Å². The first-order valence-corrected chi connectivity index (χ1v) is 8.30. The van der Waals surface area contributed by atoms with E-state index in [2.05, 4.69) is 20.6 Å². The molecule has 0 saturated heterocycles. The smallest absolute Gasteiger partial charge is 0.134 e. The average Bonchev–Trinajstić information content (AvgIpc) is 3.29. The molecule has 0 fully saturated rings. The van der Waals surface area contributed by atoms with Crippen molar-refractivity contribution >= 4 is 0 Å². The first-order chi connectivity index (χ1) is 12.8. The summed E-state index contributed by atoms with van der Waals surface area (Å²) in [5, 5.41) is 16.0. The Balaban J connectivity index is 1.51. The van der Waals surface area contributed by atoms with Crippen LogP contribution in [-0.2, 0) is 26.3 Å². The molecule has 26 heavy (non-hydrogen) atoms. The van der Waals surface area contributed by atoms with Crippen molar-refractivity contribution in [2.45, 2.75) is 26.3 Å². The van der Waals surface area contributed by atoms with Crippen molar-refractivity contribution in [3.8, 4) is 11.5 Å². The summed E-state index contributed by atoms with van der Waals surface area (Å²) in [4.78, 5) is 0. The predicted octanol–water partition coefficient (Wildman–Crippen LogP) is -0.0550. The van der Waals surface area contributed by atoms with Crippen LogP contribution in [0.5, 0.6) is 11.5 Å². The topological polar surface area (TPSA) is 132 Å². The van der Waals surface area contributed by atoms with E-state index in [1.807, 2.05) is 36.7 Å². The van der Waals surface area contributed by atoms with Gasteiger partial charge in [-0.05, 0) is 12.1 Å². The van der Waals surface area contributed by atoms with E-state index in [0.717, 1.165) is 11.4 Å². The van der Waals surface area contributed by atoms with E-state index < -0.39 is 0 Å². The highest BCUT2D eigenvalue weighted by Crippen LogP contribution is 2.21. The van der Waals surface area contributed by atoms with Crippen LogP contribution in [0, 0.1) is 0 Å². The summed E-state index contributed by atoms with van der Waals surface area (Å²) in [5.41, 5.74) is 12.5. The number of benzene rings is 1. The Kier molecular flexibility index (Phi) is 6.12. The Hall–Kier alpha value is -2.98. The van der Waals surface area contributed by atoms with Crippen molar-refractivity contribution in [2.24, 2.45) is 11.5 Å². The summed E-state index contributed by atoms with van der Waals surface area (Å²) in [5.74, 6) is 1.37. The molecule has 0 aliphatic heterocycles. The first-order valence-electron chi connectivity index (χ1n) is 8.30. The SMILES string of the molecule is NCCn1cc(COc2cccc(OCc3cn(CCN)nn3)c2)nn1. The third-order valence-corrected chi connectivity index (χ3v) is 3.47. The highest BCUT2D eigenvalue weighted by molar-refractivity contribution is 5.33. The van der Waals surface area contributed by atoms with Gasteiger partial charge in [-0.15, -0.1) is 10.2 Å². The molecule has 3 aromatic rings. The molecule has 0 bridgehead atoms. The second kappa shape index (κ2) is 8.92. The van der Waals surface area contributed by atoms with Gasteiger partial charge in [-0.25, -0.2) is 0 Å². The number of ether oxygens (including phenoxy) is 2. The fourth-order valence-electron chi connectivity index (χ4n) is 2.26. The maximum Gasteiger partial charge on any atom is 0.134 e. The van der Waals surface area contributed by atoms with Crippen molar-refractivity contribution in [3.63, 3.8) is 0 Å². The number of hydrogen-bond donors (Lipinski definition) is 2. The largest absolute Gasteiger partial charge is 0.487 e. The van der Waals surface area contributed by atoms with Gasteiger partial charge < -0.3 is 20.9 Å². The number of rotatable bonds is 10. The lowest BCUT2D eigenvalue weighted by atomic mass is 10.3. The molecule has 0 aliphatic carbocycles. The summed E-state index contributed by atoms with van der Waals surface area (Å²) in [6, 6.07) is 7.39. The Morgan fingerprint density at radius 1 is 0.808 bits per heavy atom. The van der Waals surface area contributed by atoms with Crippen LogP contribution in [0.4, 0.5) is 0 Å². The fraction of sp³-hybridized carbons (Fsp3) is 0.375. The third-order valence-electron chi connectivity index (χ3n) is 3.47. The van der Waals surface area contributed by atoms with E-state index in [1.165, 1.54) is 0 Å². The number of aromatic nitrogens is 6. The minimum atomic E-state index is 0.321. The molecular formula is C16H22N8O2. The number of nitrogens with zero attached hydrogens (tertiary/aromatic N) is 6. The summed E-state index contributed by atoms with van der Waals surface area (Å²) >= 11 is 0. The van der Waals surface area contributed by atoms with Crippen molar-refractivity contribution < 1.29 is 9.47 Å². The molecule has 0 unspecified atom stereocenters. The molecule has 0 aliphatic rings. The zero-order valence-electron chi connectivity index (χ0n) is 14.4. The lowest BCUT2D eigenvalue weighted by molar-refractivity contribution is 0.285. The highest BCUT2D eigenvalue weighted by Gasteiger charge is 2.05. The van der Waals surface area contributed by atoms with Crippen LogP contribution in [0.3, 0.4) is 0 Å². The van der Waals surface area contributed by atoms with Gasteiger partial charge in [0.25, 0.3) is 0 Å². The molecule has 2 aromatic heterocycles. The molecule has 2 heterocycles. The summed E-state index contributed by atoms with van der Waals surface area (Å²) < 4.78 is 14.9. The molecule has 10 nitrogen and oxygen atoms in total. The van der Waals surface area contributed by atoms with Gasteiger partial charge in [-0.3, -0.25) is 9.36 Å². The first kappa shape index (κ1) is 17.8. The van der Waals surface area contributed by atoms with Crippen LogP contribution in [0.25, 0.3) is 0 Å². The number of nitrogens with two attached hydrogens (primary N) is 2. The van der Waals surface area contributed by atoms with Crippen LogP contribution >= 0.6 is 0 Å². The summed E-state index contributed by atoms with van der Waals surface area (Å²) in [6.07, 6.45) is 3.63. The lowest BCUT2D eigenvalue weighted by Crippen LogP contribution is -2.10.